The number of benzene rings is 1. The molecular weight excluding hydrogens is 324 g/mol. The minimum absolute atomic E-state index is 0.0862. The number of rotatable bonds is 3. The summed E-state index contributed by atoms with van der Waals surface area (Å²) in [5.74, 6) is 1.21. The first kappa shape index (κ1) is 15.4. The Balaban J connectivity index is 1.34. The lowest BCUT2D eigenvalue weighted by Gasteiger charge is -2.61. The molecule has 4 heteroatoms. The molecule has 2 N–H and O–H groups in total. The second-order valence-corrected chi connectivity index (χ2v) is 9.59. The van der Waals surface area contributed by atoms with Crippen molar-refractivity contribution in [3.63, 3.8) is 0 Å². The van der Waals surface area contributed by atoms with Gasteiger partial charge < -0.3 is 14.8 Å². The van der Waals surface area contributed by atoms with Gasteiger partial charge in [-0.1, -0.05) is 24.3 Å². The SMILES string of the molecule is O[C@@H](C[C@H]1c2ccccc2-c2cncn21)C12CC3CC(CC(O)(C3)C1)C2. The quantitative estimate of drug-likeness (QED) is 0.890. The summed E-state index contributed by atoms with van der Waals surface area (Å²) in [5.41, 5.74) is 3.09. The van der Waals surface area contributed by atoms with E-state index in [1.165, 1.54) is 17.5 Å². The maximum Gasteiger partial charge on any atom is 0.0956 e. The van der Waals surface area contributed by atoms with Gasteiger partial charge in [0.25, 0.3) is 0 Å². The molecule has 4 aliphatic carbocycles. The number of aliphatic hydroxyl groups excluding tert-OH is 1. The highest BCUT2D eigenvalue weighted by Crippen LogP contribution is 2.63. The van der Waals surface area contributed by atoms with E-state index >= 15 is 0 Å². The van der Waals surface area contributed by atoms with Gasteiger partial charge in [0.1, 0.15) is 0 Å². The Hall–Kier alpha value is -1.65. The van der Waals surface area contributed by atoms with E-state index in [-0.39, 0.29) is 17.6 Å². The van der Waals surface area contributed by atoms with Crippen molar-refractivity contribution < 1.29 is 10.2 Å². The predicted octanol–water partition coefficient (Wildman–Crippen LogP) is 3.54. The molecule has 2 unspecified atom stereocenters. The Kier molecular flexibility index (Phi) is 2.96. The van der Waals surface area contributed by atoms with Crippen LogP contribution >= 0.6 is 0 Å². The highest BCUT2D eigenvalue weighted by atomic mass is 16.3. The minimum atomic E-state index is -0.515. The summed E-state index contributed by atoms with van der Waals surface area (Å²) in [6.07, 6.45) is 10.3. The zero-order valence-electron chi connectivity index (χ0n) is 15.0. The molecule has 0 saturated heterocycles. The smallest absolute Gasteiger partial charge is 0.0956 e. The molecule has 2 aromatic rings. The van der Waals surface area contributed by atoms with E-state index < -0.39 is 5.60 Å². The molecule has 136 valence electrons. The minimum Gasteiger partial charge on any atom is -0.392 e. The second-order valence-electron chi connectivity index (χ2n) is 9.59. The van der Waals surface area contributed by atoms with E-state index in [9.17, 15) is 10.2 Å². The van der Waals surface area contributed by atoms with Crippen molar-refractivity contribution in [1.82, 2.24) is 9.55 Å². The van der Waals surface area contributed by atoms with Gasteiger partial charge >= 0.3 is 0 Å². The molecule has 4 bridgehead atoms. The van der Waals surface area contributed by atoms with Crippen LogP contribution in [0.5, 0.6) is 0 Å². The van der Waals surface area contributed by atoms with Crippen molar-refractivity contribution in [3.8, 4) is 11.3 Å². The first-order chi connectivity index (χ1) is 12.6. The number of hydrogen-bond donors (Lipinski definition) is 2. The van der Waals surface area contributed by atoms with Gasteiger partial charge in [-0.2, -0.15) is 0 Å². The van der Waals surface area contributed by atoms with Crippen LogP contribution in [0.3, 0.4) is 0 Å². The van der Waals surface area contributed by atoms with Crippen LogP contribution in [-0.4, -0.2) is 31.5 Å². The van der Waals surface area contributed by atoms with Crippen LogP contribution in [0.1, 0.15) is 56.6 Å². The molecule has 0 spiro atoms. The largest absolute Gasteiger partial charge is 0.392 e. The van der Waals surface area contributed by atoms with E-state index in [0.717, 1.165) is 44.2 Å². The van der Waals surface area contributed by atoms with Crippen LogP contribution in [0.25, 0.3) is 11.3 Å². The zero-order valence-corrected chi connectivity index (χ0v) is 15.0. The molecule has 0 amide bonds. The van der Waals surface area contributed by atoms with Gasteiger partial charge in [0.15, 0.2) is 0 Å². The number of imidazole rings is 1. The molecule has 4 atom stereocenters. The molecule has 7 rings (SSSR count). The Morgan fingerprint density at radius 2 is 1.92 bits per heavy atom. The van der Waals surface area contributed by atoms with Crippen LogP contribution < -0.4 is 0 Å². The van der Waals surface area contributed by atoms with Crippen molar-refractivity contribution in [1.29, 1.82) is 0 Å². The summed E-state index contributed by atoms with van der Waals surface area (Å²) in [7, 11) is 0. The third-order valence-corrected chi connectivity index (χ3v) is 7.83. The highest BCUT2D eigenvalue weighted by Gasteiger charge is 2.59. The van der Waals surface area contributed by atoms with Crippen LogP contribution in [0.2, 0.25) is 0 Å². The molecule has 1 aromatic heterocycles. The normalized spacial score (nSPS) is 40.5. The number of fused-ring (bicyclic) bond motifs is 3. The first-order valence-corrected chi connectivity index (χ1v) is 10.1. The van der Waals surface area contributed by atoms with E-state index in [1.807, 2.05) is 12.5 Å². The summed E-state index contributed by atoms with van der Waals surface area (Å²) < 4.78 is 2.23. The summed E-state index contributed by atoms with van der Waals surface area (Å²) in [5, 5.41) is 22.5. The molecule has 1 aromatic carbocycles. The van der Waals surface area contributed by atoms with Crippen molar-refractivity contribution in [2.45, 2.75) is 62.7 Å². The monoisotopic (exact) mass is 350 g/mol. The highest BCUT2D eigenvalue weighted by molar-refractivity contribution is 5.68. The molecular formula is C22H26N2O2. The van der Waals surface area contributed by atoms with Gasteiger partial charge in [-0.15, -0.1) is 0 Å². The van der Waals surface area contributed by atoms with E-state index in [1.54, 1.807) is 0 Å². The summed E-state index contributed by atoms with van der Waals surface area (Å²) in [4.78, 5) is 4.34. The zero-order chi connectivity index (χ0) is 17.5. The lowest BCUT2D eigenvalue weighted by Crippen LogP contribution is -2.59. The maximum atomic E-state index is 11.4. The van der Waals surface area contributed by atoms with Crippen LogP contribution in [-0.2, 0) is 0 Å². The van der Waals surface area contributed by atoms with Gasteiger partial charge in [0, 0.05) is 5.56 Å². The molecule has 4 saturated carbocycles. The van der Waals surface area contributed by atoms with Crippen molar-refractivity contribution >= 4 is 0 Å². The average molecular weight is 350 g/mol. The van der Waals surface area contributed by atoms with Crippen molar-refractivity contribution in [3.05, 3.63) is 42.4 Å². The molecule has 2 heterocycles. The number of nitrogens with zero attached hydrogens (tertiary/aromatic N) is 2. The summed E-state index contributed by atoms with van der Waals surface area (Å²) >= 11 is 0. The fraction of sp³-hybridized carbons (Fsp3) is 0.591. The molecule has 1 aliphatic heterocycles. The molecule has 5 aliphatic rings. The van der Waals surface area contributed by atoms with Crippen LogP contribution in [0.4, 0.5) is 0 Å². The third kappa shape index (κ3) is 2.00. The number of aromatic nitrogens is 2. The lowest BCUT2D eigenvalue weighted by molar-refractivity contribution is -0.197. The first-order valence-electron chi connectivity index (χ1n) is 10.1. The summed E-state index contributed by atoms with van der Waals surface area (Å²) in [6, 6.07) is 8.66. The average Bonchev–Trinajstić information content (AvgIpc) is 3.15. The van der Waals surface area contributed by atoms with Gasteiger partial charge in [0.2, 0.25) is 0 Å². The Bertz CT molecular complexity index is 859. The third-order valence-electron chi connectivity index (χ3n) is 7.83. The standard InChI is InChI=1S/C22H26N2O2/c25-20(21-7-14-5-15(8-21)10-22(26,9-14)12-21)6-18-16-3-1-2-4-17(16)19-11-23-13-24(18)19/h1-4,11,13-15,18,20,25-26H,5-10,12H2/t14?,15?,18-,20-,21?,22?/m0/s1. The van der Waals surface area contributed by atoms with Crippen LogP contribution in [0.15, 0.2) is 36.8 Å². The van der Waals surface area contributed by atoms with Gasteiger partial charge in [-0.05, 0) is 67.8 Å². The van der Waals surface area contributed by atoms with Gasteiger partial charge in [0.05, 0.1) is 36.0 Å². The maximum absolute atomic E-state index is 11.4. The van der Waals surface area contributed by atoms with Gasteiger partial charge in [-0.25, -0.2) is 4.98 Å². The van der Waals surface area contributed by atoms with Crippen LogP contribution in [0, 0.1) is 17.3 Å². The lowest BCUT2D eigenvalue weighted by atomic mass is 9.46. The second kappa shape index (κ2) is 4.99. The number of hydrogen-bond acceptors (Lipinski definition) is 3. The van der Waals surface area contributed by atoms with Gasteiger partial charge in [-0.3, -0.25) is 0 Å². The van der Waals surface area contributed by atoms with Crippen molar-refractivity contribution in [2.75, 3.05) is 0 Å². The Labute approximate surface area is 153 Å². The topological polar surface area (TPSA) is 58.3 Å². The Morgan fingerprint density at radius 3 is 2.69 bits per heavy atom. The molecule has 26 heavy (non-hydrogen) atoms. The van der Waals surface area contributed by atoms with E-state index in [4.69, 9.17) is 0 Å². The Morgan fingerprint density at radius 1 is 1.15 bits per heavy atom. The predicted molar refractivity (Wildman–Crippen MR) is 98.5 cm³/mol. The number of aliphatic hydroxyl groups is 2. The fourth-order valence-corrected chi connectivity index (χ4v) is 7.31. The van der Waals surface area contributed by atoms with Crippen molar-refractivity contribution in [2.24, 2.45) is 17.3 Å². The summed E-state index contributed by atoms with van der Waals surface area (Å²) in [6.45, 7) is 0. The fourth-order valence-electron chi connectivity index (χ4n) is 7.31. The van der Waals surface area contributed by atoms with E-state index in [0.29, 0.717) is 11.8 Å². The van der Waals surface area contributed by atoms with E-state index in [2.05, 4.69) is 33.8 Å². The molecule has 4 nitrogen and oxygen atoms in total. The molecule has 4 fully saturated rings. The molecule has 0 radical (unpaired) electrons.